The minimum atomic E-state index is -0.475. The second kappa shape index (κ2) is 7.46. The summed E-state index contributed by atoms with van der Waals surface area (Å²) in [6, 6.07) is 14.9. The van der Waals surface area contributed by atoms with Crippen LogP contribution < -0.4 is 5.32 Å². The molecule has 1 saturated heterocycles. The Morgan fingerprint density at radius 2 is 1.76 bits per heavy atom. The average molecular weight is 376 g/mol. The van der Waals surface area contributed by atoms with Gasteiger partial charge in [-0.3, -0.25) is 0 Å². The molecule has 1 N–H and O–H groups in total. The molecule has 1 aliphatic rings. The Hall–Kier alpha value is -2.04. The van der Waals surface area contributed by atoms with Crippen molar-refractivity contribution in [2.45, 2.75) is 12.8 Å². The summed E-state index contributed by atoms with van der Waals surface area (Å²) in [6.07, 6.45) is 0. The summed E-state index contributed by atoms with van der Waals surface area (Å²) in [4.78, 5) is 18.7. The van der Waals surface area contributed by atoms with Gasteiger partial charge in [0.05, 0.1) is 15.7 Å². The highest BCUT2D eigenvalue weighted by atomic mass is 35.5. The van der Waals surface area contributed by atoms with E-state index in [-0.39, 0.29) is 5.92 Å². The third kappa shape index (κ3) is 3.80. The molecule has 0 aliphatic carbocycles. The SMILES string of the molecule is CC1C(=NC(=O)Nc2c(Cl)cccc2Cl)N(C)CC1c1ccccc1. The van der Waals surface area contributed by atoms with Crippen molar-refractivity contribution >= 4 is 40.8 Å². The molecule has 1 aliphatic heterocycles. The third-order valence-electron chi connectivity index (χ3n) is 4.51. The van der Waals surface area contributed by atoms with E-state index in [0.717, 1.165) is 12.4 Å². The lowest BCUT2D eigenvalue weighted by molar-refractivity contribution is 0.259. The second-order valence-electron chi connectivity index (χ2n) is 6.18. The molecule has 1 heterocycles. The van der Waals surface area contributed by atoms with E-state index >= 15 is 0 Å². The first-order valence-corrected chi connectivity index (χ1v) is 8.82. The standard InChI is InChI=1S/C19H19Cl2N3O/c1-12-14(13-7-4-3-5-8-13)11-24(2)18(12)23-19(25)22-17-15(20)9-6-10-16(17)21/h3-10,12,14H,11H2,1-2H3,(H,22,25). The summed E-state index contributed by atoms with van der Waals surface area (Å²) in [6.45, 7) is 2.92. The van der Waals surface area contributed by atoms with Crippen LogP contribution in [-0.2, 0) is 0 Å². The maximum absolute atomic E-state index is 12.4. The van der Waals surface area contributed by atoms with Crippen LogP contribution in [0.15, 0.2) is 53.5 Å². The zero-order chi connectivity index (χ0) is 18.0. The fourth-order valence-corrected chi connectivity index (χ4v) is 3.70. The number of para-hydroxylation sites is 1. The molecule has 0 aromatic heterocycles. The molecule has 0 spiro atoms. The summed E-state index contributed by atoms with van der Waals surface area (Å²) in [5.74, 6) is 1.20. The predicted octanol–water partition coefficient (Wildman–Crippen LogP) is 5.29. The summed E-state index contributed by atoms with van der Waals surface area (Å²) in [5, 5.41) is 3.45. The number of aliphatic imine (C=N–C) groups is 1. The first-order valence-electron chi connectivity index (χ1n) is 8.07. The maximum Gasteiger partial charge on any atom is 0.347 e. The van der Waals surface area contributed by atoms with Gasteiger partial charge >= 0.3 is 6.03 Å². The summed E-state index contributed by atoms with van der Waals surface area (Å²) in [7, 11) is 1.95. The number of hydrogen-bond donors (Lipinski definition) is 1. The van der Waals surface area contributed by atoms with Gasteiger partial charge in [0.2, 0.25) is 0 Å². The number of nitrogens with one attached hydrogen (secondary N) is 1. The topological polar surface area (TPSA) is 44.7 Å². The van der Waals surface area contributed by atoms with Gasteiger partial charge < -0.3 is 10.2 Å². The Morgan fingerprint density at radius 1 is 1.12 bits per heavy atom. The number of carbonyl (C=O) groups excluding carboxylic acids is 1. The van der Waals surface area contributed by atoms with Gasteiger partial charge in [0, 0.05) is 25.4 Å². The third-order valence-corrected chi connectivity index (χ3v) is 5.14. The summed E-state index contributed by atoms with van der Waals surface area (Å²) in [5.41, 5.74) is 1.63. The van der Waals surface area contributed by atoms with Crippen molar-refractivity contribution in [2.24, 2.45) is 10.9 Å². The fraction of sp³-hybridized carbons (Fsp3) is 0.263. The molecule has 1 fully saturated rings. The molecule has 6 heteroatoms. The van der Waals surface area contributed by atoms with Crippen LogP contribution >= 0.6 is 23.2 Å². The number of hydrogen-bond acceptors (Lipinski definition) is 1. The molecule has 130 valence electrons. The molecule has 3 rings (SSSR count). The summed E-state index contributed by atoms with van der Waals surface area (Å²) >= 11 is 12.2. The predicted molar refractivity (Wildman–Crippen MR) is 104 cm³/mol. The number of urea groups is 1. The minimum Gasteiger partial charge on any atom is -0.362 e. The molecule has 0 saturated carbocycles. The highest BCUT2D eigenvalue weighted by Crippen LogP contribution is 2.34. The van der Waals surface area contributed by atoms with Crippen LogP contribution in [0.2, 0.25) is 10.0 Å². The van der Waals surface area contributed by atoms with Crippen LogP contribution in [0.3, 0.4) is 0 Å². The molecular formula is C19H19Cl2N3O. The smallest absolute Gasteiger partial charge is 0.347 e. The van der Waals surface area contributed by atoms with E-state index in [2.05, 4.69) is 29.4 Å². The normalized spacial score (nSPS) is 21.6. The van der Waals surface area contributed by atoms with Crippen LogP contribution in [0.25, 0.3) is 0 Å². The molecule has 2 amide bonds. The first kappa shape index (κ1) is 17.8. The molecule has 0 radical (unpaired) electrons. The van der Waals surface area contributed by atoms with Crippen LogP contribution in [0, 0.1) is 5.92 Å². The summed E-state index contributed by atoms with van der Waals surface area (Å²) < 4.78 is 0. The van der Waals surface area contributed by atoms with Crippen molar-refractivity contribution < 1.29 is 4.79 Å². The molecule has 0 bridgehead atoms. The van der Waals surface area contributed by atoms with Gasteiger partial charge in [0.25, 0.3) is 0 Å². The lowest BCUT2D eigenvalue weighted by Crippen LogP contribution is -2.24. The Kier molecular flexibility index (Phi) is 5.30. The zero-order valence-electron chi connectivity index (χ0n) is 14.0. The fourth-order valence-electron chi connectivity index (χ4n) is 3.21. The highest BCUT2D eigenvalue weighted by molar-refractivity contribution is 6.39. The van der Waals surface area contributed by atoms with Crippen molar-refractivity contribution in [1.29, 1.82) is 0 Å². The average Bonchev–Trinajstić information content (AvgIpc) is 2.87. The van der Waals surface area contributed by atoms with E-state index in [1.54, 1.807) is 18.2 Å². The van der Waals surface area contributed by atoms with E-state index < -0.39 is 6.03 Å². The number of amides is 2. The number of halogens is 2. The molecule has 25 heavy (non-hydrogen) atoms. The van der Waals surface area contributed by atoms with Gasteiger partial charge in [0.15, 0.2) is 0 Å². The van der Waals surface area contributed by atoms with E-state index in [0.29, 0.717) is 21.7 Å². The maximum atomic E-state index is 12.4. The number of likely N-dealkylation sites (N-methyl/N-ethyl adjacent to an activating group) is 1. The van der Waals surface area contributed by atoms with E-state index in [4.69, 9.17) is 23.2 Å². The molecule has 2 unspecified atom stereocenters. The van der Waals surface area contributed by atoms with Crippen molar-refractivity contribution in [3.05, 3.63) is 64.1 Å². The van der Waals surface area contributed by atoms with Gasteiger partial charge in [-0.25, -0.2) is 4.79 Å². The van der Waals surface area contributed by atoms with Crippen LogP contribution in [-0.4, -0.2) is 30.4 Å². The van der Waals surface area contributed by atoms with Crippen molar-refractivity contribution in [1.82, 2.24) is 4.90 Å². The zero-order valence-corrected chi connectivity index (χ0v) is 15.6. The number of anilines is 1. The number of nitrogens with zero attached hydrogens (tertiary/aromatic N) is 2. The number of likely N-dealkylation sites (tertiary alicyclic amines) is 1. The molecule has 4 nitrogen and oxygen atoms in total. The molecule has 2 aromatic carbocycles. The Balaban J connectivity index is 1.80. The largest absolute Gasteiger partial charge is 0.362 e. The van der Waals surface area contributed by atoms with Gasteiger partial charge in [0.1, 0.15) is 5.84 Å². The quantitative estimate of drug-likeness (QED) is 0.774. The van der Waals surface area contributed by atoms with Gasteiger partial charge in [-0.15, -0.1) is 0 Å². The molecule has 2 atom stereocenters. The van der Waals surface area contributed by atoms with Crippen LogP contribution in [0.5, 0.6) is 0 Å². The molecule has 2 aromatic rings. The Bertz CT molecular complexity index is 787. The number of rotatable bonds is 2. The number of amidine groups is 1. The molecular weight excluding hydrogens is 357 g/mol. The van der Waals surface area contributed by atoms with E-state index in [9.17, 15) is 4.79 Å². The van der Waals surface area contributed by atoms with E-state index in [1.165, 1.54) is 5.56 Å². The number of carbonyl (C=O) groups is 1. The number of benzene rings is 2. The van der Waals surface area contributed by atoms with Gasteiger partial charge in [-0.1, -0.05) is 66.5 Å². The monoisotopic (exact) mass is 375 g/mol. The van der Waals surface area contributed by atoms with Crippen LogP contribution in [0.1, 0.15) is 18.4 Å². The first-order chi connectivity index (χ1) is 12.0. The van der Waals surface area contributed by atoms with Gasteiger partial charge in [-0.2, -0.15) is 4.99 Å². The Morgan fingerprint density at radius 3 is 2.40 bits per heavy atom. The lowest BCUT2D eigenvalue weighted by atomic mass is 9.90. The van der Waals surface area contributed by atoms with Gasteiger partial charge in [-0.05, 0) is 17.7 Å². The Labute approximate surface area is 157 Å². The second-order valence-corrected chi connectivity index (χ2v) is 7.00. The highest BCUT2D eigenvalue weighted by Gasteiger charge is 2.34. The van der Waals surface area contributed by atoms with E-state index in [1.807, 2.05) is 30.1 Å². The minimum absolute atomic E-state index is 0.139. The van der Waals surface area contributed by atoms with Crippen LogP contribution in [0.4, 0.5) is 10.5 Å². The van der Waals surface area contributed by atoms with Crippen molar-refractivity contribution in [3.8, 4) is 0 Å². The van der Waals surface area contributed by atoms with Crippen molar-refractivity contribution in [2.75, 3.05) is 18.9 Å². The van der Waals surface area contributed by atoms with Crippen molar-refractivity contribution in [3.63, 3.8) is 0 Å². The lowest BCUT2D eigenvalue weighted by Gasteiger charge is -2.14.